The van der Waals surface area contributed by atoms with Crippen molar-refractivity contribution in [2.75, 3.05) is 0 Å². The molecule has 2 aromatic heterocycles. The van der Waals surface area contributed by atoms with E-state index in [-0.39, 0.29) is 0 Å². The highest BCUT2D eigenvalue weighted by Gasteiger charge is 2.24. The van der Waals surface area contributed by atoms with Crippen molar-refractivity contribution in [3.8, 4) is 27.9 Å². The van der Waals surface area contributed by atoms with E-state index in [1.807, 2.05) is 0 Å². The van der Waals surface area contributed by atoms with Gasteiger partial charge in [-0.25, -0.2) is 0 Å². The zero-order valence-corrected chi connectivity index (χ0v) is 30.2. The van der Waals surface area contributed by atoms with Crippen molar-refractivity contribution in [2.24, 2.45) is 10.9 Å². The van der Waals surface area contributed by atoms with Crippen LogP contribution in [0.4, 0.5) is 0 Å². The number of hydrogen-bond donors (Lipinski definition) is 0. The molecule has 1 aliphatic heterocycles. The SMILES string of the molecule is C1=CC2=C(c3ccc(-c4ccccc4)cc3)N=C(c3ccc4c(c3)oc3c(-n5c6ccccc6c6ccc(-c7ccccc7)cc65)cccc34)CCC2C=C1. The van der Waals surface area contributed by atoms with Gasteiger partial charge in [-0.2, -0.15) is 0 Å². The molecular formula is C52H36N2O. The fourth-order valence-electron chi connectivity index (χ4n) is 8.71. The van der Waals surface area contributed by atoms with Crippen LogP contribution in [0, 0.1) is 5.92 Å². The van der Waals surface area contributed by atoms with Gasteiger partial charge in [0.05, 0.1) is 22.4 Å². The van der Waals surface area contributed by atoms with Gasteiger partial charge in [0.25, 0.3) is 0 Å². The summed E-state index contributed by atoms with van der Waals surface area (Å²) in [6.07, 6.45) is 10.8. The van der Waals surface area contributed by atoms with Crippen LogP contribution in [0.2, 0.25) is 0 Å². The summed E-state index contributed by atoms with van der Waals surface area (Å²) in [5.74, 6) is 0.321. The van der Waals surface area contributed by atoms with Gasteiger partial charge >= 0.3 is 0 Å². The van der Waals surface area contributed by atoms with Crippen molar-refractivity contribution in [3.63, 3.8) is 0 Å². The minimum absolute atomic E-state index is 0.321. The molecule has 0 saturated carbocycles. The molecule has 0 radical (unpaired) electrons. The monoisotopic (exact) mass is 704 g/mol. The average Bonchev–Trinajstić information content (AvgIpc) is 3.72. The second kappa shape index (κ2) is 12.9. The van der Waals surface area contributed by atoms with Gasteiger partial charge in [-0.15, -0.1) is 0 Å². The number of aromatic nitrogens is 1. The van der Waals surface area contributed by atoms with Crippen LogP contribution in [0.3, 0.4) is 0 Å². The van der Waals surface area contributed by atoms with Gasteiger partial charge in [0.1, 0.15) is 5.58 Å². The number of rotatable bonds is 5. The van der Waals surface area contributed by atoms with Crippen LogP contribution in [0.15, 0.2) is 203 Å². The zero-order valence-electron chi connectivity index (χ0n) is 30.2. The molecule has 7 aromatic carbocycles. The summed E-state index contributed by atoms with van der Waals surface area (Å²) in [5.41, 5.74) is 15.6. The molecule has 260 valence electrons. The van der Waals surface area contributed by atoms with E-state index in [4.69, 9.17) is 9.41 Å². The number of hydrogen-bond acceptors (Lipinski definition) is 2. The van der Waals surface area contributed by atoms with Crippen LogP contribution in [-0.4, -0.2) is 10.3 Å². The van der Waals surface area contributed by atoms with Crippen LogP contribution < -0.4 is 0 Å². The standard InChI is InChI=1S/C52H36N2O/c1-3-12-34(13-4-1)36-22-24-38(25-23-36)51-41-17-8-7-16-37(41)28-31-46(53-51)40-27-30-44-45-19-11-21-48(52(45)55-50(44)33-40)54-47-20-10-9-18-42(47)43-29-26-39(32-49(43)54)35-14-5-2-6-15-35/h1-27,29-30,32-33,37H,28,31H2. The van der Waals surface area contributed by atoms with Gasteiger partial charge < -0.3 is 8.98 Å². The molecule has 0 saturated heterocycles. The maximum absolute atomic E-state index is 6.93. The van der Waals surface area contributed by atoms with Crippen molar-refractivity contribution < 1.29 is 4.42 Å². The molecule has 0 bridgehead atoms. The third-order valence-corrected chi connectivity index (χ3v) is 11.4. The summed E-state index contributed by atoms with van der Waals surface area (Å²) in [6, 6.07) is 58.7. The smallest absolute Gasteiger partial charge is 0.159 e. The second-order valence-electron chi connectivity index (χ2n) is 14.6. The fourth-order valence-corrected chi connectivity index (χ4v) is 8.71. The Bertz CT molecular complexity index is 3060. The molecular weight excluding hydrogens is 669 g/mol. The summed E-state index contributed by atoms with van der Waals surface area (Å²) in [7, 11) is 0. The Kier molecular flexibility index (Phi) is 7.38. The third kappa shape index (κ3) is 5.31. The van der Waals surface area contributed by atoms with Gasteiger partial charge in [0, 0.05) is 38.7 Å². The second-order valence-corrected chi connectivity index (χ2v) is 14.6. The Balaban J connectivity index is 1.04. The molecule has 1 aliphatic carbocycles. The number of aliphatic imine (C=N–C) groups is 1. The summed E-state index contributed by atoms with van der Waals surface area (Å²) >= 11 is 0. The molecule has 0 N–H and O–H groups in total. The Hall–Kier alpha value is -6.97. The van der Waals surface area contributed by atoms with E-state index in [0.29, 0.717) is 5.92 Å². The van der Waals surface area contributed by atoms with Crippen molar-refractivity contribution in [1.29, 1.82) is 0 Å². The van der Waals surface area contributed by atoms with Crippen molar-refractivity contribution in [2.45, 2.75) is 12.8 Å². The lowest BCUT2D eigenvalue weighted by molar-refractivity contribution is 0.666. The van der Waals surface area contributed by atoms with E-state index >= 15 is 0 Å². The maximum Gasteiger partial charge on any atom is 0.159 e. The van der Waals surface area contributed by atoms with Crippen LogP contribution in [0.5, 0.6) is 0 Å². The minimum Gasteiger partial charge on any atom is -0.454 e. The topological polar surface area (TPSA) is 30.4 Å². The molecule has 3 nitrogen and oxygen atoms in total. The Morgan fingerprint density at radius 2 is 1.16 bits per heavy atom. The highest BCUT2D eigenvalue weighted by atomic mass is 16.3. The molecule has 3 heteroatoms. The Morgan fingerprint density at radius 3 is 2.00 bits per heavy atom. The predicted molar refractivity (Wildman–Crippen MR) is 230 cm³/mol. The van der Waals surface area contributed by atoms with E-state index < -0.39 is 0 Å². The maximum atomic E-state index is 6.93. The van der Waals surface area contributed by atoms with Crippen molar-refractivity contribution in [1.82, 2.24) is 4.57 Å². The van der Waals surface area contributed by atoms with E-state index in [0.717, 1.165) is 74.0 Å². The molecule has 11 rings (SSSR count). The molecule has 9 aromatic rings. The van der Waals surface area contributed by atoms with E-state index in [9.17, 15) is 0 Å². The van der Waals surface area contributed by atoms with Gasteiger partial charge in [-0.3, -0.25) is 4.99 Å². The molecule has 0 amide bonds. The summed E-state index contributed by atoms with van der Waals surface area (Å²) < 4.78 is 9.31. The first-order chi connectivity index (χ1) is 27.3. The first kappa shape index (κ1) is 31.5. The lowest BCUT2D eigenvalue weighted by atomic mass is 9.87. The first-order valence-electron chi connectivity index (χ1n) is 19.1. The van der Waals surface area contributed by atoms with Gasteiger partial charge in [-0.1, -0.05) is 158 Å². The van der Waals surface area contributed by atoms with Gasteiger partial charge in [-0.05, 0) is 76.6 Å². The molecule has 1 unspecified atom stereocenters. The molecule has 3 heterocycles. The van der Waals surface area contributed by atoms with Gasteiger partial charge in [0.15, 0.2) is 5.58 Å². The molecule has 0 spiro atoms. The van der Waals surface area contributed by atoms with Crippen LogP contribution in [-0.2, 0) is 0 Å². The lowest BCUT2D eigenvalue weighted by Gasteiger charge is -2.17. The number of fused-ring (bicyclic) bond motifs is 7. The highest BCUT2D eigenvalue weighted by Crippen LogP contribution is 2.41. The normalized spacial score (nSPS) is 15.6. The Labute approximate surface area is 319 Å². The van der Waals surface area contributed by atoms with Gasteiger partial charge in [0.2, 0.25) is 0 Å². The number of allylic oxidation sites excluding steroid dienone is 5. The molecule has 55 heavy (non-hydrogen) atoms. The summed E-state index contributed by atoms with van der Waals surface area (Å²) in [4.78, 5) is 5.49. The molecule has 0 fully saturated rings. The quantitative estimate of drug-likeness (QED) is 0.175. The fraction of sp³-hybridized carbons (Fsp3) is 0.0577. The molecule has 2 aliphatic rings. The summed E-state index contributed by atoms with van der Waals surface area (Å²) in [5, 5.41) is 4.66. The van der Waals surface area contributed by atoms with E-state index in [1.54, 1.807) is 0 Å². The lowest BCUT2D eigenvalue weighted by Crippen LogP contribution is -2.04. The largest absolute Gasteiger partial charge is 0.454 e. The number of furan rings is 1. The number of nitrogens with zero attached hydrogens (tertiary/aromatic N) is 2. The summed E-state index contributed by atoms with van der Waals surface area (Å²) in [6.45, 7) is 0. The van der Waals surface area contributed by atoms with Crippen molar-refractivity contribution >= 4 is 55.2 Å². The molecule has 1 atom stereocenters. The number of benzene rings is 7. The zero-order chi connectivity index (χ0) is 36.3. The average molecular weight is 705 g/mol. The van der Waals surface area contributed by atoms with Crippen LogP contribution in [0.25, 0.3) is 77.4 Å². The van der Waals surface area contributed by atoms with Crippen LogP contribution >= 0.6 is 0 Å². The van der Waals surface area contributed by atoms with E-state index in [2.05, 4.69) is 193 Å². The predicted octanol–water partition coefficient (Wildman–Crippen LogP) is 13.8. The third-order valence-electron chi connectivity index (χ3n) is 11.4. The Morgan fingerprint density at radius 1 is 0.509 bits per heavy atom. The van der Waals surface area contributed by atoms with Crippen LogP contribution in [0.1, 0.15) is 24.0 Å². The first-order valence-corrected chi connectivity index (χ1v) is 19.1. The van der Waals surface area contributed by atoms with E-state index in [1.165, 1.54) is 38.6 Å². The highest BCUT2D eigenvalue weighted by molar-refractivity contribution is 6.14. The number of para-hydroxylation sites is 2. The minimum atomic E-state index is 0.321. The van der Waals surface area contributed by atoms with Crippen molar-refractivity contribution in [3.05, 3.63) is 205 Å².